The Balaban J connectivity index is 1.80. The number of nitrogens with one attached hydrogen (secondary N) is 1. The number of rotatable bonds is 2. The van der Waals surface area contributed by atoms with E-state index in [2.05, 4.69) is 5.32 Å². The van der Waals surface area contributed by atoms with Crippen LogP contribution in [0.25, 0.3) is 0 Å². The van der Waals surface area contributed by atoms with Crippen LogP contribution in [0.15, 0.2) is 42.5 Å². The summed E-state index contributed by atoms with van der Waals surface area (Å²) < 4.78 is 6.29. The number of hydrogen-bond acceptors (Lipinski definition) is 4. The molecule has 1 saturated heterocycles. The second-order valence-corrected chi connectivity index (χ2v) is 6.97. The van der Waals surface area contributed by atoms with Crippen LogP contribution < -0.4 is 15.0 Å². The molecular formula is C18H17N3O3S. The van der Waals surface area contributed by atoms with Crippen LogP contribution in [0.5, 0.6) is 5.75 Å². The molecule has 7 heteroatoms. The highest BCUT2D eigenvalue weighted by Gasteiger charge is 2.48. The summed E-state index contributed by atoms with van der Waals surface area (Å²) in [5.41, 5.74) is 2.27. The number of para-hydroxylation sites is 1. The van der Waals surface area contributed by atoms with Gasteiger partial charge in [0.25, 0.3) is 5.69 Å². The van der Waals surface area contributed by atoms with E-state index in [1.54, 1.807) is 12.1 Å². The maximum atomic E-state index is 11.1. The van der Waals surface area contributed by atoms with Crippen molar-refractivity contribution in [2.24, 2.45) is 0 Å². The fourth-order valence-electron chi connectivity index (χ4n) is 3.65. The van der Waals surface area contributed by atoms with E-state index in [0.29, 0.717) is 17.3 Å². The van der Waals surface area contributed by atoms with Gasteiger partial charge in [-0.15, -0.1) is 0 Å². The van der Waals surface area contributed by atoms with Gasteiger partial charge in [-0.2, -0.15) is 0 Å². The number of non-ortho nitro benzene ring substituents is 1. The van der Waals surface area contributed by atoms with E-state index in [0.717, 1.165) is 16.8 Å². The third kappa shape index (κ3) is 2.42. The number of aryl methyl sites for hydroxylation is 1. The lowest BCUT2D eigenvalue weighted by atomic mass is 9.89. The summed E-state index contributed by atoms with van der Waals surface area (Å²) in [6, 6.07) is 12.6. The molecular weight excluding hydrogens is 338 g/mol. The van der Waals surface area contributed by atoms with Crippen molar-refractivity contribution in [2.75, 3.05) is 4.90 Å². The Hall–Kier alpha value is -2.67. The molecule has 0 aliphatic carbocycles. The largest absolute Gasteiger partial charge is 0.467 e. The lowest BCUT2D eigenvalue weighted by Crippen LogP contribution is -2.65. The molecule has 0 unspecified atom stereocenters. The first kappa shape index (κ1) is 15.8. The molecule has 4 rings (SSSR count). The van der Waals surface area contributed by atoms with Gasteiger partial charge in [0.1, 0.15) is 5.75 Å². The van der Waals surface area contributed by atoms with Crippen molar-refractivity contribution in [3.05, 3.63) is 63.7 Å². The Bertz CT molecular complexity index is 901. The van der Waals surface area contributed by atoms with Crippen LogP contribution >= 0.6 is 12.2 Å². The van der Waals surface area contributed by atoms with E-state index >= 15 is 0 Å². The molecule has 6 nitrogen and oxygen atoms in total. The van der Waals surface area contributed by atoms with Gasteiger partial charge < -0.3 is 10.1 Å². The van der Waals surface area contributed by atoms with Crippen molar-refractivity contribution in [3.63, 3.8) is 0 Å². The topological polar surface area (TPSA) is 67.6 Å². The number of nitro groups is 1. The smallest absolute Gasteiger partial charge is 0.270 e. The van der Waals surface area contributed by atoms with Crippen LogP contribution in [0.2, 0.25) is 0 Å². The molecule has 128 valence electrons. The fourth-order valence-corrected chi connectivity index (χ4v) is 4.09. The third-order valence-corrected chi connectivity index (χ3v) is 5.12. The van der Waals surface area contributed by atoms with E-state index in [4.69, 9.17) is 17.0 Å². The number of hydrogen-bond donors (Lipinski definition) is 1. The summed E-state index contributed by atoms with van der Waals surface area (Å²) in [7, 11) is 0. The first-order valence-corrected chi connectivity index (χ1v) is 8.43. The van der Waals surface area contributed by atoms with Crippen LogP contribution in [0.1, 0.15) is 30.5 Å². The minimum absolute atomic E-state index is 0.0556. The number of nitrogens with zero attached hydrogens (tertiary/aromatic N) is 2. The Morgan fingerprint density at radius 2 is 2.12 bits per heavy atom. The van der Waals surface area contributed by atoms with E-state index in [1.807, 2.05) is 43.0 Å². The number of benzene rings is 2. The van der Waals surface area contributed by atoms with Crippen LogP contribution in [0.4, 0.5) is 11.4 Å². The highest BCUT2D eigenvalue weighted by atomic mass is 32.1. The van der Waals surface area contributed by atoms with E-state index in [1.165, 1.54) is 6.07 Å². The molecule has 2 aliphatic heterocycles. The van der Waals surface area contributed by atoms with Crippen LogP contribution in [-0.4, -0.2) is 15.8 Å². The second-order valence-electron chi connectivity index (χ2n) is 6.58. The molecule has 0 aromatic heterocycles. The SMILES string of the molecule is Cc1ccccc1N1C(=S)N[C@@H]2C[C@]1(C)Oc1ccc([N+](=O)[O-])cc12. The quantitative estimate of drug-likeness (QED) is 0.502. The van der Waals surface area contributed by atoms with Gasteiger partial charge in [-0.3, -0.25) is 15.0 Å². The van der Waals surface area contributed by atoms with Crippen LogP contribution in [0.3, 0.4) is 0 Å². The Morgan fingerprint density at radius 1 is 1.36 bits per heavy atom. The first-order chi connectivity index (χ1) is 11.9. The molecule has 2 bridgehead atoms. The maximum absolute atomic E-state index is 11.1. The zero-order valence-corrected chi connectivity index (χ0v) is 14.7. The molecule has 2 aromatic rings. The summed E-state index contributed by atoms with van der Waals surface area (Å²) in [6.07, 6.45) is 0.635. The van der Waals surface area contributed by atoms with Gasteiger partial charge in [-0.05, 0) is 43.8 Å². The summed E-state index contributed by atoms with van der Waals surface area (Å²) >= 11 is 5.61. The van der Waals surface area contributed by atoms with Crippen molar-refractivity contribution < 1.29 is 9.66 Å². The Kier molecular flexibility index (Phi) is 3.43. The first-order valence-electron chi connectivity index (χ1n) is 8.03. The number of fused-ring (bicyclic) bond motifs is 4. The highest BCUT2D eigenvalue weighted by molar-refractivity contribution is 7.80. The van der Waals surface area contributed by atoms with Crippen LogP contribution in [0, 0.1) is 17.0 Å². The molecule has 2 aliphatic rings. The zero-order valence-electron chi connectivity index (χ0n) is 13.9. The highest BCUT2D eigenvalue weighted by Crippen LogP contribution is 2.46. The lowest BCUT2D eigenvalue weighted by Gasteiger charge is -2.52. The predicted molar refractivity (Wildman–Crippen MR) is 98.9 cm³/mol. The van der Waals surface area contributed by atoms with Gasteiger partial charge in [0.2, 0.25) is 0 Å². The summed E-state index contributed by atoms with van der Waals surface area (Å²) in [6.45, 7) is 4.04. The van der Waals surface area contributed by atoms with Crippen molar-refractivity contribution in [3.8, 4) is 5.75 Å². The fraction of sp³-hybridized carbons (Fsp3) is 0.278. The molecule has 1 N–H and O–H groups in total. The van der Waals surface area contributed by atoms with Crippen molar-refractivity contribution in [2.45, 2.75) is 32.0 Å². The van der Waals surface area contributed by atoms with Gasteiger partial charge in [-0.25, -0.2) is 0 Å². The van der Waals surface area contributed by atoms with Gasteiger partial charge in [0.15, 0.2) is 10.8 Å². The van der Waals surface area contributed by atoms with Gasteiger partial charge in [0.05, 0.1) is 11.0 Å². The summed E-state index contributed by atoms with van der Waals surface area (Å²) in [5.74, 6) is 0.651. The molecule has 2 heterocycles. The molecule has 2 aromatic carbocycles. The standard InChI is InChI=1S/C18H17N3O3S/c1-11-5-3-4-6-15(11)20-17(25)19-14-10-18(20,2)24-16-8-7-12(21(22)23)9-13(14)16/h3-9,14H,10H2,1-2H3,(H,19,25)/t14-,18+/m1/s1. The van der Waals surface area contributed by atoms with E-state index in [9.17, 15) is 10.1 Å². The minimum atomic E-state index is -0.651. The van der Waals surface area contributed by atoms with E-state index in [-0.39, 0.29) is 11.7 Å². The summed E-state index contributed by atoms with van der Waals surface area (Å²) in [4.78, 5) is 12.7. The van der Waals surface area contributed by atoms with E-state index < -0.39 is 10.6 Å². The lowest BCUT2D eigenvalue weighted by molar-refractivity contribution is -0.385. The molecule has 0 saturated carbocycles. The molecule has 2 atom stereocenters. The third-order valence-electron chi connectivity index (χ3n) is 4.82. The molecule has 0 amide bonds. The van der Waals surface area contributed by atoms with Crippen molar-refractivity contribution in [1.29, 1.82) is 0 Å². The molecule has 1 fully saturated rings. The average Bonchev–Trinajstić information content (AvgIpc) is 2.55. The van der Waals surface area contributed by atoms with Crippen molar-refractivity contribution in [1.82, 2.24) is 5.32 Å². The summed E-state index contributed by atoms with van der Waals surface area (Å²) in [5, 5.41) is 15.0. The Labute approximate surface area is 150 Å². The maximum Gasteiger partial charge on any atom is 0.270 e. The number of thiocarbonyl (C=S) groups is 1. The predicted octanol–water partition coefficient (Wildman–Crippen LogP) is 3.84. The zero-order chi connectivity index (χ0) is 17.8. The Morgan fingerprint density at radius 3 is 2.84 bits per heavy atom. The second kappa shape index (κ2) is 5.42. The molecule has 25 heavy (non-hydrogen) atoms. The molecule has 0 radical (unpaired) electrons. The van der Waals surface area contributed by atoms with Gasteiger partial charge in [0, 0.05) is 29.8 Å². The number of nitro benzene ring substituents is 1. The number of ether oxygens (including phenoxy) is 1. The average molecular weight is 355 g/mol. The van der Waals surface area contributed by atoms with Gasteiger partial charge in [-0.1, -0.05) is 18.2 Å². The molecule has 0 spiro atoms. The minimum Gasteiger partial charge on any atom is -0.467 e. The van der Waals surface area contributed by atoms with Crippen molar-refractivity contribution >= 4 is 28.7 Å². The normalized spacial score (nSPS) is 24.2. The monoisotopic (exact) mass is 355 g/mol. The number of anilines is 1. The van der Waals surface area contributed by atoms with Gasteiger partial charge >= 0.3 is 0 Å². The van der Waals surface area contributed by atoms with Crippen LogP contribution in [-0.2, 0) is 0 Å².